The summed E-state index contributed by atoms with van der Waals surface area (Å²) in [6.45, 7) is 3.58. The molecule has 4 rings (SSSR count). The van der Waals surface area contributed by atoms with Crippen LogP contribution in [0.5, 0.6) is 0 Å². The van der Waals surface area contributed by atoms with E-state index in [2.05, 4.69) is 15.6 Å². The zero-order chi connectivity index (χ0) is 25.1. The fourth-order valence-electron chi connectivity index (χ4n) is 4.54. The lowest BCUT2D eigenvalue weighted by molar-refractivity contribution is -0.119. The number of fused-ring (bicyclic) bond motifs is 1. The Hall–Kier alpha value is -3.32. The van der Waals surface area contributed by atoms with Gasteiger partial charge in [0.1, 0.15) is 11.6 Å². The third-order valence-corrected chi connectivity index (χ3v) is 6.58. The molecule has 0 radical (unpaired) electrons. The highest BCUT2D eigenvalue weighted by Gasteiger charge is 2.26. The Bertz CT molecular complexity index is 1270. The third kappa shape index (κ3) is 5.35. The second-order valence-corrected chi connectivity index (χ2v) is 9.36. The van der Waals surface area contributed by atoms with Crippen molar-refractivity contribution in [2.24, 2.45) is 0 Å². The Morgan fingerprint density at radius 3 is 2.63 bits per heavy atom. The lowest BCUT2D eigenvalue weighted by Gasteiger charge is -2.17. The van der Waals surface area contributed by atoms with Gasteiger partial charge in [-0.1, -0.05) is 26.0 Å². The number of aromatic nitrogens is 1. The van der Waals surface area contributed by atoms with Gasteiger partial charge in [0, 0.05) is 37.5 Å². The number of anilines is 1. The number of hydrogen-bond acceptors (Lipinski definition) is 5. The second kappa shape index (κ2) is 10.5. The average molecular weight is 478 g/mol. The predicted molar refractivity (Wildman–Crippen MR) is 136 cm³/mol. The van der Waals surface area contributed by atoms with Crippen LogP contribution in [0, 0.1) is 5.82 Å². The molecule has 1 fully saturated rings. The number of nitrogens with zero attached hydrogens (tertiary/aromatic N) is 1. The number of rotatable bonds is 10. The monoisotopic (exact) mass is 477 g/mol. The number of pyridine rings is 1. The van der Waals surface area contributed by atoms with Crippen LogP contribution in [0.3, 0.4) is 0 Å². The van der Waals surface area contributed by atoms with Crippen molar-refractivity contribution in [3.8, 4) is 11.1 Å². The Labute approximate surface area is 205 Å². The van der Waals surface area contributed by atoms with Gasteiger partial charge in [-0.3, -0.25) is 14.6 Å². The maximum Gasteiger partial charge on any atom is 0.255 e. The van der Waals surface area contributed by atoms with Crippen LogP contribution in [0.25, 0.3) is 22.0 Å². The number of carbonyl (C=O) groups excluding carboxylic acids is 2. The lowest BCUT2D eigenvalue weighted by atomic mass is 9.90. The van der Waals surface area contributed by atoms with Gasteiger partial charge in [0.25, 0.3) is 5.91 Å². The van der Waals surface area contributed by atoms with E-state index in [-0.39, 0.29) is 36.1 Å². The molecule has 1 amide bonds. The maximum absolute atomic E-state index is 15.2. The molecule has 1 aromatic heterocycles. The summed E-state index contributed by atoms with van der Waals surface area (Å²) in [6.07, 6.45) is 5.11. The van der Waals surface area contributed by atoms with Gasteiger partial charge in [0.05, 0.1) is 23.4 Å². The highest BCUT2D eigenvalue weighted by atomic mass is 19.1. The Morgan fingerprint density at radius 1 is 1.23 bits per heavy atom. The van der Waals surface area contributed by atoms with Crippen molar-refractivity contribution in [3.05, 3.63) is 59.0 Å². The molecule has 1 aliphatic carbocycles. The number of carbonyl (C=O) groups is 2. The molecule has 2 aromatic carbocycles. The molecule has 1 saturated carbocycles. The van der Waals surface area contributed by atoms with E-state index in [1.165, 1.54) is 6.07 Å². The van der Waals surface area contributed by atoms with Crippen LogP contribution in [-0.2, 0) is 11.4 Å². The molecule has 1 heterocycles. The van der Waals surface area contributed by atoms with Crippen LogP contribution in [-0.4, -0.2) is 34.9 Å². The molecule has 6 nitrogen and oxygen atoms in total. The largest absolute Gasteiger partial charge is 0.392 e. The lowest BCUT2D eigenvalue weighted by Crippen LogP contribution is -2.26. The van der Waals surface area contributed by atoms with Crippen molar-refractivity contribution >= 4 is 28.3 Å². The highest BCUT2D eigenvalue weighted by molar-refractivity contribution is 6.08. The first-order chi connectivity index (χ1) is 16.9. The maximum atomic E-state index is 15.2. The minimum absolute atomic E-state index is 0.134. The molecule has 1 atom stereocenters. The molecule has 1 aliphatic rings. The van der Waals surface area contributed by atoms with Crippen molar-refractivity contribution in [2.45, 2.75) is 64.5 Å². The zero-order valence-electron chi connectivity index (χ0n) is 20.5. The number of hydrogen-bond donors (Lipinski definition) is 3. The first-order valence-corrected chi connectivity index (χ1v) is 12.2. The molecule has 0 saturated heterocycles. The molecule has 0 aliphatic heterocycles. The standard InChI is InChI=1S/C28H32FN3O3/c1-4-5-20(34)10-16(2)21-9-6-17(11-25(21)29)22-13-23-26(12-18(22)15-33)31-14-24(27(23)30-3)28(35)32-19-7-8-19/h6,9,11-14,16,19,33H,4-5,7-8,10,15H2,1-3H3,(H,30,31)(H,32,35). The predicted octanol–water partition coefficient (Wildman–Crippen LogP) is 5.33. The van der Waals surface area contributed by atoms with Gasteiger partial charge in [0.2, 0.25) is 0 Å². The van der Waals surface area contributed by atoms with Crippen molar-refractivity contribution in [1.82, 2.24) is 10.3 Å². The van der Waals surface area contributed by atoms with Gasteiger partial charge in [-0.2, -0.15) is 0 Å². The van der Waals surface area contributed by atoms with E-state index in [1.807, 2.05) is 26.0 Å². The number of aliphatic hydroxyl groups is 1. The molecule has 0 spiro atoms. The zero-order valence-corrected chi connectivity index (χ0v) is 20.5. The number of nitrogens with one attached hydrogen (secondary N) is 2. The summed E-state index contributed by atoms with van der Waals surface area (Å²) in [5.41, 5.74) is 4.10. The SMILES string of the molecule is CCCC(=O)CC(C)c1ccc(-c2cc3c(NC)c(C(=O)NC4CC4)cnc3cc2CO)cc1F. The molecule has 7 heteroatoms. The minimum atomic E-state index is -0.382. The molecule has 0 bridgehead atoms. The summed E-state index contributed by atoms with van der Waals surface area (Å²) >= 11 is 0. The van der Waals surface area contributed by atoms with Gasteiger partial charge >= 0.3 is 0 Å². The summed E-state index contributed by atoms with van der Waals surface area (Å²) in [6, 6.07) is 8.82. The van der Waals surface area contributed by atoms with E-state index < -0.39 is 0 Å². The number of aliphatic hydroxyl groups excluding tert-OH is 1. The topological polar surface area (TPSA) is 91.3 Å². The van der Waals surface area contributed by atoms with E-state index in [0.29, 0.717) is 57.2 Å². The summed E-state index contributed by atoms with van der Waals surface area (Å²) < 4.78 is 15.2. The van der Waals surface area contributed by atoms with Gasteiger partial charge < -0.3 is 15.7 Å². The van der Waals surface area contributed by atoms with Gasteiger partial charge in [0.15, 0.2) is 0 Å². The fourth-order valence-corrected chi connectivity index (χ4v) is 4.54. The van der Waals surface area contributed by atoms with Crippen LogP contribution in [0.15, 0.2) is 36.5 Å². The van der Waals surface area contributed by atoms with E-state index in [9.17, 15) is 14.7 Å². The van der Waals surface area contributed by atoms with E-state index >= 15 is 4.39 Å². The van der Waals surface area contributed by atoms with Crippen LogP contribution in [0.4, 0.5) is 10.1 Å². The van der Waals surface area contributed by atoms with Gasteiger partial charge in [-0.15, -0.1) is 0 Å². The quantitative estimate of drug-likeness (QED) is 0.367. The number of ketones is 1. The molecular formula is C28H32FN3O3. The van der Waals surface area contributed by atoms with Crippen molar-refractivity contribution < 1.29 is 19.1 Å². The van der Waals surface area contributed by atoms with Crippen molar-refractivity contribution in [1.29, 1.82) is 0 Å². The van der Waals surface area contributed by atoms with Crippen molar-refractivity contribution in [3.63, 3.8) is 0 Å². The average Bonchev–Trinajstić information content (AvgIpc) is 3.66. The van der Waals surface area contributed by atoms with E-state index in [4.69, 9.17) is 0 Å². The molecule has 3 aromatic rings. The Balaban J connectivity index is 1.74. The van der Waals surface area contributed by atoms with Crippen LogP contribution >= 0.6 is 0 Å². The second-order valence-electron chi connectivity index (χ2n) is 9.36. The van der Waals surface area contributed by atoms with Gasteiger partial charge in [-0.25, -0.2) is 4.39 Å². The van der Waals surface area contributed by atoms with E-state index in [1.54, 1.807) is 25.4 Å². The van der Waals surface area contributed by atoms with Crippen LogP contribution < -0.4 is 10.6 Å². The Kier molecular flexibility index (Phi) is 7.45. The number of benzene rings is 2. The molecule has 3 N–H and O–H groups in total. The molecule has 35 heavy (non-hydrogen) atoms. The summed E-state index contributed by atoms with van der Waals surface area (Å²) in [5, 5.41) is 16.9. The number of halogens is 1. The summed E-state index contributed by atoms with van der Waals surface area (Å²) in [4.78, 5) is 29.3. The summed E-state index contributed by atoms with van der Waals surface area (Å²) in [5.74, 6) is -0.646. The summed E-state index contributed by atoms with van der Waals surface area (Å²) in [7, 11) is 1.75. The molecule has 184 valence electrons. The number of amides is 1. The van der Waals surface area contributed by atoms with Gasteiger partial charge in [-0.05, 0) is 65.6 Å². The fraction of sp³-hybridized carbons (Fsp3) is 0.393. The first-order valence-electron chi connectivity index (χ1n) is 12.2. The smallest absolute Gasteiger partial charge is 0.255 e. The van der Waals surface area contributed by atoms with Crippen LogP contribution in [0.2, 0.25) is 0 Å². The van der Waals surface area contributed by atoms with E-state index in [0.717, 1.165) is 19.3 Å². The first kappa shape index (κ1) is 24.8. The van der Waals surface area contributed by atoms with Crippen LogP contribution in [0.1, 0.15) is 73.4 Å². The van der Waals surface area contributed by atoms with Crippen molar-refractivity contribution in [2.75, 3.05) is 12.4 Å². The molecular weight excluding hydrogens is 445 g/mol. The highest BCUT2D eigenvalue weighted by Crippen LogP contribution is 2.35. The minimum Gasteiger partial charge on any atom is -0.392 e. The number of Topliss-reactive ketones (excluding diaryl/α,β-unsaturated/α-hetero) is 1. The molecule has 1 unspecified atom stereocenters. The normalized spacial score (nSPS) is 14.1. The Morgan fingerprint density at radius 2 is 2.00 bits per heavy atom. The third-order valence-electron chi connectivity index (χ3n) is 6.58.